The van der Waals surface area contributed by atoms with E-state index in [9.17, 15) is 35.4 Å². The summed E-state index contributed by atoms with van der Waals surface area (Å²) in [6.45, 7) is -2.88. The number of carbonyl (C=O) groups is 7. The Bertz CT molecular complexity index is 3350. The van der Waals surface area contributed by atoms with Crippen molar-refractivity contribution in [2.45, 2.75) is 58.9 Å². The monoisotopic (exact) mass is 1070 g/mol. The molecule has 2 heterocycles. The SMILES string of the molecule is O=C(O[C@H]1[C@@H](O)[C@@H](O)[C@@H](OC[C@@]2(C(=O)c3ccccc3)O[C@@](O)(C(=O)c3ccccc3)[C@](O)(C(=O)c3ccccc3)[C@](OC(=O)c3ccccc3)(C(=O)c3ccccc3)[C@]2(O)C(=O)c2ccccc2)O[C@@H]1CO)c1ccccc1. The molecule has 6 N–H and O–H groups in total. The lowest BCUT2D eigenvalue weighted by Gasteiger charge is -2.64. The second-order valence-electron chi connectivity index (χ2n) is 18.7. The molecule has 2 aliphatic heterocycles. The Morgan fingerprint density at radius 1 is 0.430 bits per heavy atom. The highest BCUT2D eigenvalue weighted by Crippen LogP contribution is 2.60. The van der Waals surface area contributed by atoms with Crippen LogP contribution in [0.5, 0.6) is 0 Å². The number of hydrogen-bond acceptors (Lipinski definition) is 18. The molecule has 18 heteroatoms. The number of benzene rings is 7. The first-order chi connectivity index (χ1) is 38.0. The molecule has 0 amide bonds. The fourth-order valence-corrected chi connectivity index (χ4v) is 10.1. The lowest BCUT2D eigenvalue weighted by molar-refractivity contribution is -0.402. The third kappa shape index (κ3) is 9.29. The van der Waals surface area contributed by atoms with Crippen LogP contribution >= 0.6 is 0 Å². The lowest BCUT2D eigenvalue weighted by atomic mass is 9.50. The van der Waals surface area contributed by atoms with E-state index in [0.717, 1.165) is 72.8 Å². The second-order valence-corrected chi connectivity index (χ2v) is 18.7. The molecular weight excluding hydrogens is 1020 g/mol. The van der Waals surface area contributed by atoms with Crippen molar-refractivity contribution >= 4 is 40.9 Å². The highest BCUT2D eigenvalue weighted by molar-refractivity contribution is 6.25. The lowest BCUT2D eigenvalue weighted by Crippen LogP contribution is -2.96. The Hall–Kier alpha value is -8.53. The van der Waals surface area contributed by atoms with Gasteiger partial charge in [0.25, 0.3) is 11.4 Å². The fraction of sp³-hybridized carbons (Fsp3) is 0.197. The average molecular weight is 1070 g/mol. The van der Waals surface area contributed by atoms with Crippen LogP contribution in [0.15, 0.2) is 212 Å². The van der Waals surface area contributed by atoms with Gasteiger partial charge in [0.15, 0.2) is 18.0 Å². The van der Waals surface area contributed by atoms with E-state index in [2.05, 4.69) is 0 Å². The summed E-state index contributed by atoms with van der Waals surface area (Å²) in [4.78, 5) is 110. The van der Waals surface area contributed by atoms with E-state index in [1.54, 1.807) is 6.07 Å². The second kappa shape index (κ2) is 22.4. The van der Waals surface area contributed by atoms with Crippen molar-refractivity contribution in [2.24, 2.45) is 0 Å². The molecule has 2 fully saturated rings. The highest BCUT2D eigenvalue weighted by Gasteiger charge is 2.93. The minimum atomic E-state index is -4.62. The molecule has 0 aliphatic carbocycles. The van der Waals surface area contributed by atoms with E-state index in [-0.39, 0.29) is 5.56 Å². The summed E-state index contributed by atoms with van der Waals surface area (Å²) >= 11 is 0. The first kappa shape index (κ1) is 55.2. The van der Waals surface area contributed by atoms with Gasteiger partial charge in [0.05, 0.1) is 24.3 Å². The van der Waals surface area contributed by atoms with Crippen molar-refractivity contribution in [3.63, 3.8) is 0 Å². The van der Waals surface area contributed by atoms with Crippen LogP contribution in [0.2, 0.25) is 0 Å². The molecule has 402 valence electrons. The van der Waals surface area contributed by atoms with E-state index in [0.29, 0.717) is 0 Å². The summed E-state index contributed by atoms with van der Waals surface area (Å²) in [5.41, 5.74) is -21.3. The molecule has 0 spiro atoms. The maximum atomic E-state index is 16.7. The predicted octanol–water partition coefficient (Wildman–Crippen LogP) is 4.60. The van der Waals surface area contributed by atoms with Crippen LogP contribution in [-0.2, 0) is 23.7 Å². The van der Waals surface area contributed by atoms with Crippen LogP contribution in [0, 0.1) is 0 Å². The molecule has 2 saturated heterocycles. The summed E-state index contributed by atoms with van der Waals surface area (Å²) in [6, 6.07) is 44.8. The van der Waals surface area contributed by atoms with Crippen LogP contribution in [0.1, 0.15) is 72.5 Å². The molecule has 7 aromatic carbocycles. The molecule has 2 aliphatic rings. The Labute approximate surface area is 450 Å². The first-order valence-electron chi connectivity index (χ1n) is 24.7. The third-order valence-electron chi connectivity index (χ3n) is 14.0. The average Bonchev–Trinajstić information content (AvgIpc) is 1.59. The summed E-state index contributed by atoms with van der Waals surface area (Å²) in [5.74, 6) is -16.3. The summed E-state index contributed by atoms with van der Waals surface area (Å²) < 4.78 is 30.5. The van der Waals surface area contributed by atoms with Gasteiger partial charge in [0.1, 0.15) is 18.3 Å². The summed E-state index contributed by atoms with van der Waals surface area (Å²) in [5, 5.41) is 77.4. The first-order valence-corrected chi connectivity index (χ1v) is 24.7. The van der Waals surface area contributed by atoms with Gasteiger partial charge >= 0.3 is 11.9 Å². The van der Waals surface area contributed by atoms with Gasteiger partial charge in [-0.05, 0) is 24.3 Å². The third-order valence-corrected chi connectivity index (χ3v) is 14.0. The Morgan fingerprint density at radius 3 is 1.20 bits per heavy atom. The van der Waals surface area contributed by atoms with E-state index in [1.807, 2.05) is 0 Å². The number of ether oxygens (including phenoxy) is 5. The van der Waals surface area contributed by atoms with Crippen LogP contribution < -0.4 is 0 Å². The topological polar surface area (TPSA) is 287 Å². The van der Waals surface area contributed by atoms with Crippen LogP contribution in [0.3, 0.4) is 0 Å². The number of ketones is 5. The number of aliphatic hydroxyl groups is 6. The number of Topliss-reactive ketones (excluding diaryl/α,β-unsaturated/α-hetero) is 5. The predicted molar refractivity (Wildman–Crippen MR) is 276 cm³/mol. The van der Waals surface area contributed by atoms with Crippen LogP contribution in [-0.4, -0.2) is 144 Å². The quantitative estimate of drug-likeness (QED) is 0.0506. The van der Waals surface area contributed by atoms with E-state index < -0.39 is 146 Å². The molecule has 0 aromatic heterocycles. The molecule has 18 nitrogen and oxygen atoms in total. The van der Waals surface area contributed by atoms with Crippen LogP contribution in [0.25, 0.3) is 0 Å². The molecule has 0 bridgehead atoms. The summed E-state index contributed by atoms with van der Waals surface area (Å²) in [7, 11) is 0. The van der Waals surface area contributed by atoms with Crippen molar-refractivity contribution in [1.29, 1.82) is 0 Å². The van der Waals surface area contributed by atoms with Gasteiger partial charge in [0, 0.05) is 27.8 Å². The molecule has 0 unspecified atom stereocenters. The molecule has 10 atom stereocenters. The Kier molecular flexibility index (Phi) is 15.7. The zero-order valence-electron chi connectivity index (χ0n) is 41.6. The van der Waals surface area contributed by atoms with E-state index in [1.165, 1.54) is 133 Å². The van der Waals surface area contributed by atoms with Crippen molar-refractivity contribution in [1.82, 2.24) is 0 Å². The molecule has 7 aromatic rings. The number of carbonyl (C=O) groups excluding carboxylic acids is 7. The largest absolute Gasteiger partial charge is 0.453 e. The maximum absolute atomic E-state index is 16.7. The van der Waals surface area contributed by atoms with E-state index >= 15 is 28.8 Å². The fourth-order valence-electron chi connectivity index (χ4n) is 10.1. The summed E-state index contributed by atoms with van der Waals surface area (Å²) in [6.07, 6.45) is -10.5. The van der Waals surface area contributed by atoms with Crippen molar-refractivity contribution in [3.05, 3.63) is 251 Å². The van der Waals surface area contributed by atoms with Gasteiger partial charge in [-0.1, -0.05) is 188 Å². The number of esters is 2. The zero-order chi connectivity index (χ0) is 56.2. The molecular formula is C61H50O18. The molecule has 9 rings (SSSR count). The minimum absolute atomic E-state index is 0.00201. The minimum Gasteiger partial charge on any atom is -0.453 e. The van der Waals surface area contributed by atoms with Gasteiger partial charge in [-0.2, -0.15) is 0 Å². The maximum Gasteiger partial charge on any atom is 0.339 e. The molecule has 0 saturated carbocycles. The van der Waals surface area contributed by atoms with E-state index in [4.69, 9.17) is 23.7 Å². The van der Waals surface area contributed by atoms with Gasteiger partial charge < -0.3 is 54.3 Å². The van der Waals surface area contributed by atoms with Crippen molar-refractivity contribution in [3.8, 4) is 0 Å². The molecule has 79 heavy (non-hydrogen) atoms. The molecule has 0 radical (unpaired) electrons. The van der Waals surface area contributed by atoms with Gasteiger partial charge in [-0.15, -0.1) is 0 Å². The van der Waals surface area contributed by atoms with Crippen LogP contribution in [0.4, 0.5) is 0 Å². The Balaban J connectivity index is 1.40. The van der Waals surface area contributed by atoms with Gasteiger partial charge in [0.2, 0.25) is 40.1 Å². The Morgan fingerprint density at radius 2 is 0.785 bits per heavy atom. The van der Waals surface area contributed by atoms with Gasteiger partial charge in [-0.3, -0.25) is 24.0 Å². The normalized spacial score (nSPS) is 27.4. The van der Waals surface area contributed by atoms with Gasteiger partial charge in [-0.25, -0.2) is 9.59 Å². The standard InChI is InChI=1S/C61H50O18/c62-36-45-48(77-54(70)43-32-18-6-19-33-43)46(63)47(64)56(76-45)75-37-57(49(65)38-22-8-1-9-23-38)58(72,50(66)39-24-10-2-11-25-39)60(52(68)41-28-14-4-15-29-41,78-55(71)44-34-20-7-21-35-44)59(73,51(67)40-26-12-3-13-27-40)61(74,79-57)53(69)42-30-16-5-17-31-42/h1-35,45-48,56,62-64,72-74H,36-37H2/t45-,46+,47-,48-,56+,57+,58+,59+,60+,61+/m1/s1. The van der Waals surface area contributed by atoms with Crippen molar-refractivity contribution < 1.29 is 87.9 Å². The number of hydrogen-bond donors (Lipinski definition) is 6. The number of aliphatic hydroxyl groups excluding tert-OH is 3. The van der Waals surface area contributed by atoms with Crippen molar-refractivity contribution in [2.75, 3.05) is 13.2 Å². The smallest absolute Gasteiger partial charge is 0.339 e. The zero-order valence-corrected chi connectivity index (χ0v) is 41.6. The highest BCUT2D eigenvalue weighted by atomic mass is 16.7. The number of rotatable bonds is 18.